The largest absolute Gasteiger partial charge is 0.289 e. The molecule has 1 aromatic rings. The van der Waals surface area contributed by atoms with E-state index in [0.29, 0.717) is 51.4 Å². The molecule has 0 saturated heterocycles. The van der Waals surface area contributed by atoms with E-state index in [1.807, 2.05) is 0 Å². The first-order chi connectivity index (χ1) is 17.3. The van der Waals surface area contributed by atoms with Crippen molar-refractivity contribution in [2.45, 2.75) is 114 Å². The Morgan fingerprint density at radius 3 is 1.19 bits per heavy atom. The quantitative estimate of drug-likeness (QED) is 0.321. The highest BCUT2D eigenvalue weighted by Crippen LogP contribution is 2.43. The third kappa shape index (κ3) is 5.13. The summed E-state index contributed by atoms with van der Waals surface area (Å²) in [7, 11) is 0. The molecule has 0 atom stereocenters. The number of carbonyl (C=O) groups is 2. The third-order valence-electron chi connectivity index (χ3n) is 8.68. The Morgan fingerprint density at radius 2 is 0.889 bits per heavy atom. The third-order valence-corrected chi connectivity index (χ3v) is 8.68. The fraction of sp³-hybridized carbons (Fsp3) is 0.643. The van der Waals surface area contributed by atoms with Crippen LogP contribution in [0, 0.1) is 20.2 Å². The van der Waals surface area contributed by atoms with Crippen LogP contribution in [0.5, 0.6) is 0 Å². The maximum atomic E-state index is 13.8. The summed E-state index contributed by atoms with van der Waals surface area (Å²) in [5, 5.41) is 25.0. The average molecular weight is 497 g/mol. The van der Waals surface area contributed by atoms with Gasteiger partial charge in [0.25, 0.3) is 0 Å². The highest BCUT2D eigenvalue weighted by atomic mass is 16.6. The molecule has 3 aliphatic carbocycles. The molecule has 8 heteroatoms. The number of fused-ring (bicyclic) bond motifs is 1. The Balaban J connectivity index is 1.82. The second kappa shape index (κ2) is 11.0. The van der Waals surface area contributed by atoms with Gasteiger partial charge in [-0.15, -0.1) is 0 Å². The number of nitro groups is 2. The molecule has 0 N–H and O–H groups in total. The Bertz CT molecular complexity index is 977. The van der Waals surface area contributed by atoms with Gasteiger partial charge in [-0.05, 0) is 25.7 Å². The number of nitrogens with zero attached hydrogens (tertiary/aromatic N) is 2. The minimum Gasteiger partial charge on any atom is -0.289 e. The first-order valence-electron chi connectivity index (χ1n) is 13.5. The van der Waals surface area contributed by atoms with E-state index in [9.17, 15) is 29.8 Å². The average Bonchev–Trinajstić information content (AvgIpc) is 2.82. The van der Waals surface area contributed by atoms with Gasteiger partial charge in [-0.3, -0.25) is 29.8 Å². The van der Waals surface area contributed by atoms with E-state index < -0.39 is 11.1 Å². The van der Waals surface area contributed by atoms with Crippen molar-refractivity contribution in [1.82, 2.24) is 0 Å². The van der Waals surface area contributed by atoms with Gasteiger partial charge in [0.1, 0.15) is 0 Å². The summed E-state index contributed by atoms with van der Waals surface area (Å²) in [6, 6.07) is 6.53. The minimum atomic E-state index is -1.33. The van der Waals surface area contributed by atoms with Crippen molar-refractivity contribution in [1.29, 1.82) is 0 Å². The molecule has 0 bridgehead atoms. The van der Waals surface area contributed by atoms with Gasteiger partial charge in [0, 0.05) is 70.6 Å². The van der Waals surface area contributed by atoms with Gasteiger partial charge in [0.15, 0.2) is 11.6 Å². The van der Waals surface area contributed by atoms with Gasteiger partial charge < -0.3 is 0 Å². The molecule has 0 aliphatic heterocycles. The van der Waals surface area contributed by atoms with Crippen molar-refractivity contribution >= 4 is 11.6 Å². The molecular formula is C28H36N2O6. The lowest BCUT2D eigenvalue weighted by Gasteiger charge is -2.33. The summed E-state index contributed by atoms with van der Waals surface area (Å²) >= 11 is 0. The lowest BCUT2D eigenvalue weighted by Crippen LogP contribution is -2.43. The van der Waals surface area contributed by atoms with Crippen molar-refractivity contribution in [3.05, 3.63) is 66.8 Å². The van der Waals surface area contributed by atoms with Crippen LogP contribution in [0.15, 0.2) is 35.4 Å². The molecule has 194 valence electrons. The predicted octanol–water partition coefficient (Wildman–Crippen LogP) is 6.66. The molecular weight excluding hydrogens is 460 g/mol. The number of hydrogen-bond donors (Lipinski definition) is 0. The van der Waals surface area contributed by atoms with Gasteiger partial charge in [-0.25, -0.2) is 0 Å². The Morgan fingerprint density at radius 1 is 0.583 bits per heavy atom. The van der Waals surface area contributed by atoms with Gasteiger partial charge in [-0.1, -0.05) is 62.8 Å². The fourth-order valence-corrected chi connectivity index (χ4v) is 6.49. The minimum absolute atomic E-state index is 0.137. The molecule has 0 radical (unpaired) electrons. The van der Waals surface area contributed by atoms with E-state index in [2.05, 4.69) is 0 Å². The van der Waals surface area contributed by atoms with Crippen molar-refractivity contribution in [3.8, 4) is 0 Å². The zero-order chi connectivity index (χ0) is 25.8. The van der Waals surface area contributed by atoms with Crippen LogP contribution in [-0.2, 0) is 0 Å². The summed E-state index contributed by atoms with van der Waals surface area (Å²) in [6.07, 6.45) is 9.60. The number of rotatable bonds is 6. The zero-order valence-electron chi connectivity index (χ0n) is 21.0. The lowest BCUT2D eigenvalue weighted by molar-refractivity contribution is -0.574. The van der Waals surface area contributed by atoms with Crippen molar-refractivity contribution in [3.63, 3.8) is 0 Å². The molecule has 1 aromatic carbocycles. The predicted molar refractivity (Wildman–Crippen MR) is 135 cm³/mol. The summed E-state index contributed by atoms with van der Waals surface area (Å²) < 4.78 is 0. The SMILES string of the molecule is O=C1C(CC2([N+](=O)[O-])CCCCCCC2)=C(CC2([N+](=O)[O-])CCCCCCC2)C(=O)c2ccccc21. The highest BCUT2D eigenvalue weighted by Gasteiger charge is 2.50. The van der Waals surface area contributed by atoms with Crippen molar-refractivity contribution in [2.75, 3.05) is 0 Å². The zero-order valence-corrected chi connectivity index (χ0v) is 21.0. The standard InChI is InChI=1S/C28H36N2O6/c31-25-21-13-7-8-14-22(21)26(32)24(20-28(30(35)36)17-11-5-2-6-12-18-28)23(25)19-27(29(33)34)15-9-3-1-4-10-16-27/h7-8,13-14H,1-6,9-12,15-20H2. The van der Waals surface area contributed by atoms with Gasteiger partial charge in [0.05, 0.1) is 0 Å². The van der Waals surface area contributed by atoms with Crippen LogP contribution in [0.1, 0.15) is 123 Å². The number of benzene rings is 1. The smallest absolute Gasteiger partial charge is 0.226 e. The number of Topliss-reactive ketones (excluding diaryl/α,β-unsaturated/α-hetero) is 2. The first kappa shape index (κ1) is 26.2. The van der Waals surface area contributed by atoms with Crippen LogP contribution < -0.4 is 0 Å². The molecule has 0 amide bonds. The molecule has 0 unspecified atom stereocenters. The molecule has 0 aromatic heterocycles. The molecule has 0 spiro atoms. The Kier molecular flexibility index (Phi) is 8.00. The normalized spacial score (nSPS) is 22.6. The molecule has 36 heavy (non-hydrogen) atoms. The Labute approximate surface area is 211 Å². The van der Waals surface area contributed by atoms with E-state index in [4.69, 9.17) is 0 Å². The van der Waals surface area contributed by atoms with Gasteiger partial charge in [-0.2, -0.15) is 0 Å². The van der Waals surface area contributed by atoms with Crippen LogP contribution in [0.2, 0.25) is 0 Å². The molecule has 8 nitrogen and oxygen atoms in total. The maximum absolute atomic E-state index is 13.8. The fourth-order valence-electron chi connectivity index (χ4n) is 6.49. The summed E-state index contributed by atoms with van der Waals surface area (Å²) in [5.41, 5.74) is -1.88. The van der Waals surface area contributed by atoms with E-state index in [-0.39, 0.29) is 56.5 Å². The number of hydrogen-bond acceptors (Lipinski definition) is 6. The number of ketones is 2. The van der Waals surface area contributed by atoms with Crippen LogP contribution >= 0.6 is 0 Å². The van der Waals surface area contributed by atoms with Gasteiger partial charge in [0.2, 0.25) is 11.1 Å². The summed E-state index contributed by atoms with van der Waals surface area (Å²) in [4.78, 5) is 52.1. The van der Waals surface area contributed by atoms with Gasteiger partial charge >= 0.3 is 0 Å². The van der Waals surface area contributed by atoms with Crippen LogP contribution in [0.3, 0.4) is 0 Å². The van der Waals surface area contributed by atoms with Crippen molar-refractivity contribution in [2.24, 2.45) is 0 Å². The molecule has 4 rings (SSSR count). The maximum Gasteiger partial charge on any atom is 0.226 e. The highest BCUT2D eigenvalue weighted by molar-refractivity contribution is 6.27. The van der Waals surface area contributed by atoms with E-state index in [0.717, 1.165) is 38.5 Å². The lowest BCUT2D eigenvalue weighted by atomic mass is 9.70. The van der Waals surface area contributed by atoms with Crippen LogP contribution in [0.4, 0.5) is 0 Å². The molecule has 0 heterocycles. The van der Waals surface area contributed by atoms with E-state index >= 15 is 0 Å². The second-order valence-electron chi connectivity index (χ2n) is 11.0. The summed E-state index contributed by atoms with van der Waals surface area (Å²) in [6.45, 7) is 0. The number of carbonyl (C=O) groups excluding carboxylic acids is 2. The molecule has 2 fully saturated rings. The second-order valence-corrected chi connectivity index (χ2v) is 11.0. The molecule has 2 saturated carbocycles. The molecule has 3 aliphatic rings. The van der Waals surface area contributed by atoms with Crippen molar-refractivity contribution < 1.29 is 19.4 Å². The topological polar surface area (TPSA) is 120 Å². The van der Waals surface area contributed by atoms with E-state index in [1.165, 1.54) is 0 Å². The summed E-state index contributed by atoms with van der Waals surface area (Å²) in [5.74, 6) is -0.763. The first-order valence-corrected chi connectivity index (χ1v) is 13.5. The van der Waals surface area contributed by atoms with Crippen LogP contribution in [0.25, 0.3) is 0 Å². The monoisotopic (exact) mass is 496 g/mol. The van der Waals surface area contributed by atoms with E-state index in [1.54, 1.807) is 24.3 Å². The van der Waals surface area contributed by atoms with Crippen LogP contribution in [-0.4, -0.2) is 32.5 Å². The Hall–Kier alpha value is -2.90.